The van der Waals surface area contributed by atoms with E-state index >= 15 is 0 Å². The van der Waals surface area contributed by atoms with Crippen LogP contribution in [0.4, 0.5) is 19.0 Å². The van der Waals surface area contributed by atoms with Crippen LogP contribution in [0.3, 0.4) is 0 Å². The van der Waals surface area contributed by atoms with E-state index in [0.29, 0.717) is 12.3 Å². The molecule has 41 heavy (non-hydrogen) atoms. The molecule has 1 aliphatic rings. The fraction of sp³-hybridized carbons (Fsp3) is 0.591. The Kier molecular flexibility index (Phi) is 11.2. The minimum atomic E-state index is -4.35. The van der Waals surface area contributed by atoms with Gasteiger partial charge in [0, 0.05) is 24.0 Å². The van der Waals surface area contributed by atoms with Gasteiger partial charge in [-0.15, -0.1) is 5.10 Å². The van der Waals surface area contributed by atoms with Crippen LogP contribution in [0.5, 0.6) is 0 Å². The standard InChI is InChI=1S/C22H28F3N7O7S2/c1-40-7-5-26-18-15-19(29-21(28-18)41-6-4-22(23,24)25)32(31-30-15)12-8-10(16(36)17(12)37)2-3-13(33)27-11(20(38)39)9-14(34)35/h2-3,10-12,16-17,36-37H,4-9H2,1H3,(H,27,33)(H,34,35)(H,38,39)(H,26,28,29)/b3-2+/t10-,11+,12+,16?,17-/m1/s1. The Morgan fingerprint density at radius 3 is 2.54 bits per heavy atom. The third-order valence-electron chi connectivity index (χ3n) is 6.02. The number of carbonyl (C=O) groups is 3. The molecule has 1 saturated carbocycles. The van der Waals surface area contributed by atoms with E-state index in [-0.39, 0.29) is 34.3 Å². The van der Waals surface area contributed by atoms with Gasteiger partial charge in [-0.1, -0.05) is 23.1 Å². The molecule has 2 heterocycles. The average Bonchev–Trinajstić information content (AvgIpc) is 3.42. The monoisotopic (exact) mass is 623 g/mol. The molecule has 1 unspecified atom stereocenters. The maximum absolute atomic E-state index is 12.7. The van der Waals surface area contributed by atoms with Gasteiger partial charge < -0.3 is 31.1 Å². The van der Waals surface area contributed by atoms with Gasteiger partial charge in [-0.25, -0.2) is 19.4 Å². The Hall–Kier alpha value is -3.16. The summed E-state index contributed by atoms with van der Waals surface area (Å²) in [5, 5.41) is 52.6. The van der Waals surface area contributed by atoms with Gasteiger partial charge in [0.1, 0.15) is 12.1 Å². The molecular weight excluding hydrogens is 595 g/mol. The van der Waals surface area contributed by atoms with Gasteiger partial charge in [0.25, 0.3) is 0 Å². The molecule has 19 heteroatoms. The molecule has 5 atom stereocenters. The van der Waals surface area contributed by atoms with Crippen molar-refractivity contribution in [1.82, 2.24) is 30.3 Å². The lowest BCUT2D eigenvalue weighted by molar-refractivity contribution is -0.146. The Morgan fingerprint density at radius 1 is 1.17 bits per heavy atom. The van der Waals surface area contributed by atoms with Crippen LogP contribution in [0.1, 0.15) is 25.3 Å². The number of amides is 1. The minimum Gasteiger partial charge on any atom is -0.481 e. The lowest BCUT2D eigenvalue weighted by atomic mass is 10.0. The molecule has 3 rings (SSSR count). The first-order valence-corrected chi connectivity index (χ1v) is 14.5. The Morgan fingerprint density at radius 2 is 1.90 bits per heavy atom. The highest BCUT2D eigenvalue weighted by atomic mass is 32.2. The fourth-order valence-corrected chi connectivity index (χ4v) is 5.16. The molecule has 1 fully saturated rings. The first kappa shape index (κ1) is 32.4. The summed E-state index contributed by atoms with van der Waals surface area (Å²) >= 11 is 2.35. The normalized spacial score (nSPS) is 21.8. The first-order chi connectivity index (χ1) is 19.3. The number of aliphatic hydroxyl groups excluding tert-OH is 2. The molecule has 1 aliphatic carbocycles. The van der Waals surface area contributed by atoms with E-state index in [4.69, 9.17) is 10.2 Å². The van der Waals surface area contributed by atoms with E-state index in [1.54, 1.807) is 11.8 Å². The summed E-state index contributed by atoms with van der Waals surface area (Å²) < 4.78 is 39.3. The van der Waals surface area contributed by atoms with Crippen molar-refractivity contribution >= 4 is 58.4 Å². The highest BCUT2D eigenvalue weighted by Gasteiger charge is 2.43. The van der Waals surface area contributed by atoms with E-state index in [9.17, 15) is 37.8 Å². The lowest BCUT2D eigenvalue weighted by Crippen LogP contribution is -2.41. The summed E-state index contributed by atoms with van der Waals surface area (Å²) in [5.41, 5.74) is 0.335. The number of anilines is 1. The number of aliphatic carboxylic acids is 2. The van der Waals surface area contributed by atoms with Crippen molar-refractivity contribution in [3.8, 4) is 0 Å². The molecule has 2 aromatic rings. The highest BCUT2D eigenvalue weighted by Crippen LogP contribution is 2.38. The van der Waals surface area contributed by atoms with Gasteiger partial charge in [-0.2, -0.15) is 24.9 Å². The molecule has 0 aliphatic heterocycles. The van der Waals surface area contributed by atoms with Crippen LogP contribution in [0.15, 0.2) is 17.3 Å². The average molecular weight is 624 g/mol. The SMILES string of the molecule is CSCCNc1nc(SCCC(F)(F)F)nc2c1nnn2[C@H]1C[C@@H](/C=C/C(=O)N[C@@H](CC(=O)O)C(=O)O)C(O)[C@@H]1O. The molecule has 0 spiro atoms. The maximum atomic E-state index is 12.7. The molecule has 14 nitrogen and oxygen atoms in total. The number of carbonyl (C=O) groups excluding carboxylic acids is 1. The Labute approximate surface area is 239 Å². The molecule has 0 saturated heterocycles. The van der Waals surface area contributed by atoms with Crippen molar-refractivity contribution in [3.05, 3.63) is 12.2 Å². The number of aromatic nitrogens is 5. The van der Waals surface area contributed by atoms with Crippen LogP contribution in [0, 0.1) is 5.92 Å². The van der Waals surface area contributed by atoms with Gasteiger partial charge >= 0.3 is 18.1 Å². The highest BCUT2D eigenvalue weighted by molar-refractivity contribution is 7.99. The molecule has 0 aromatic carbocycles. The predicted molar refractivity (Wildman–Crippen MR) is 142 cm³/mol. The van der Waals surface area contributed by atoms with E-state index < -0.39 is 67.1 Å². The third-order valence-corrected chi connectivity index (χ3v) is 7.48. The van der Waals surface area contributed by atoms with Gasteiger partial charge in [-0.3, -0.25) is 9.59 Å². The number of hydrogen-bond acceptors (Lipinski definition) is 12. The second-order valence-corrected chi connectivity index (χ2v) is 11.0. The summed E-state index contributed by atoms with van der Waals surface area (Å²) in [6.45, 7) is 0.474. The summed E-state index contributed by atoms with van der Waals surface area (Å²) in [7, 11) is 0. The largest absolute Gasteiger partial charge is 0.481 e. The molecule has 2 aromatic heterocycles. The van der Waals surface area contributed by atoms with Crippen molar-refractivity contribution in [3.63, 3.8) is 0 Å². The van der Waals surface area contributed by atoms with E-state index in [0.717, 1.165) is 17.8 Å². The minimum absolute atomic E-state index is 0.0347. The number of alkyl halides is 3. The Bertz CT molecular complexity index is 1280. The van der Waals surface area contributed by atoms with Crippen LogP contribution >= 0.6 is 23.5 Å². The third kappa shape index (κ3) is 8.91. The second-order valence-electron chi connectivity index (χ2n) is 9.00. The zero-order valence-electron chi connectivity index (χ0n) is 21.5. The summed E-state index contributed by atoms with van der Waals surface area (Å²) in [5.74, 6) is -4.05. The molecule has 1 amide bonds. The topological polar surface area (TPSA) is 213 Å². The van der Waals surface area contributed by atoms with Gasteiger partial charge in [0.15, 0.2) is 22.1 Å². The van der Waals surface area contributed by atoms with E-state index in [1.807, 2.05) is 11.6 Å². The first-order valence-electron chi connectivity index (χ1n) is 12.2. The van der Waals surface area contributed by atoms with Crippen molar-refractivity contribution < 1.29 is 48.0 Å². The number of thioether (sulfide) groups is 2. The number of rotatable bonds is 14. The number of halogens is 3. The molecule has 226 valence electrons. The number of carboxylic acid groups (broad SMARTS) is 2. The number of nitrogens with zero attached hydrogens (tertiary/aromatic N) is 5. The van der Waals surface area contributed by atoms with E-state index in [1.165, 1.54) is 10.8 Å². The number of hydrogen-bond donors (Lipinski definition) is 6. The Balaban J connectivity index is 1.82. The molecular formula is C22H28F3N7O7S2. The zero-order chi connectivity index (χ0) is 30.3. The summed E-state index contributed by atoms with van der Waals surface area (Å²) in [6.07, 6.45) is -4.89. The van der Waals surface area contributed by atoms with Crippen LogP contribution in [0.25, 0.3) is 11.2 Å². The van der Waals surface area contributed by atoms with E-state index in [2.05, 4.69) is 25.6 Å². The van der Waals surface area contributed by atoms with Gasteiger partial charge in [0.05, 0.1) is 25.0 Å². The van der Waals surface area contributed by atoms with Gasteiger partial charge in [0.2, 0.25) is 5.91 Å². The van der Waals surface area contributed by atoms with Crippen molar-refractivity contribution in [2.75, 3.05) is 29.6 Å². The number of fused-ring (bicyclic) bond motifs is 1. The van der Waals surface area contributed by atoms with Crippen LogP contribution in [0.2, 0.25) is 0 Å². The number of aliphatic hydroxyl groups is 2. The van der Waals surface area contributed by atoms with Crippen LogP contribution in [-0.2, 0) is 14.4 Å². The van der Waals surface area contributed by atoms with Crippen LogP contribution < -0.4 is 10.6 Å². The van der Waals surface area contributed by atoms with Crippen molar-refractivity contribution in [2.45, 2.75) is 54.9 Å². The maximum Gasteiger partial charge on any atom is 0.389 e. The predicted octanol–water partition coefficient (Wildman–Crippen LogP) is 0.924. The second kappa shape index (κ2) is 14.1. The van der Waals surface area contributed by atoms with Crippen LogP contribution in [-0.4, -0.2) is 112 Å². The number of nitrogens with one attached hydrogen (secondary N) is 2. The molecule has 0 radical (unpaired) electrons. The quantitative estimate of drug-likeness (QED) is 0.0748. The summed E-state index contributed by atoms with van der Waals surface area (Å²) in [4.78, 5) is 42.8. The summed E-state index contributed by atoms with van der Waals surface area (Å²) in [6, 6.07) is -2.56. The molecule has 6 N–H and O–H groups in total. The lowest BCUT2D eigenvalue weighted by Gasteiger charge is -2.17. The van der Waals surface area contributed by atoms with Gasteiger partial charge in [-0.05, 0) is 18.8 Å². The molecule has 0 bridgehead atoms. The fourth-order valence-electron chi connectivity index (χ4n) is 4.03. The number of carboxylic acids is 2. The van der Waals surface area contributed by atoms with Crippen molar-refractivity contribution in [1.29, 1.82) is 0 Å². The van der Waals surface area contributed by atoms with Crippen molar-refractivity contribution in [2.24, 2.45) is 5.92 Å². The zero-order valence-corrected chi connectivity index (χ0v) is 23.1. The smallest absolute Gasteiger partial charge is 0.389 e.